The third-order valence-corrected chi connectivity index (χ3v) is 2.06. The van der Waals surface area contributed by atoms with Crippen molar-refractivity contribution in [1.29, 1.82) is 0 Å². The van der Waals surface area contributed by atoms with Gasteiger partial charge in [0.05, 0.1) is 11.7 Å². The third kappa shape index (κ3) is 3.75. The van der Waals surface area contributed by atoms with Crippen molar-refractivity contribution in [3.05, 3.63) is 23.7 Å². The molecule has 0 aliphatic rings. The van der Waals surface area contributed by atoms with Gasteiger partial charge in [0, 0.05) is 6.04 Å². The highest BCUT2D eigenvalue weighted by atomic mass is 16.3. The molecule has 2 atom stereocenters. The zero-order chi connectivity index (χ0) is 11.4. The first-order valence-corrected chi connectivity index (χ1v) is 5.03. The maximum atomic E-state index is 11.6. The summed E-state index contributed by atoms with van der Waals surface area (Å²) < 4.78 is 5.04. The number of aryl methyl sites for hydroxylation is 1. The molecule has 0 aromatic carbocycles. The molecule has 0 aliphatic carbocycles. The largest absolute Gasteiger partial charge is 0.469 e. The molecule has 0 bridgehead atoms. The van der Waals surface area contributed by atoms with E-state index in [-0.39, 0.29) is 11.9 Å². The van der Waals surface area contributed by atoms with Crippen LogP contribution in [0.1, 0.15) is 36.4 Å². The van der Waals surface area contributed by atoms with E-state index in [0.29, 0.717) is 17.7 Å². The van der Waals surface area contributed by atoms with Crippen molar-refractivity contribution < 1.29 is 14.3 Å². The van der Waals surface area contributed by atoms with Crippen LogP contribution in [0.5, 0.6) is 0 Å². The molecule has 0 radical (unpaired) electrons. The van der Waals surface area contributed by atoms with Gasteiger partial charge in [-0.1, -0.05) is 0 Å². The van der Waals surface area contributed by atoms with Crippen LogP contribution in [0.15, 0.2) is 16.7 Å². The zero-order valence-corrected chi connectivity index (χ0v) is 9.28. The molecule has 0 fully saturated rings. The second-order valence-electron chi connectivity index (χ2n) is 3.91. The summed E-state index contributed by atoms with van der Waals surface area (Å²) in [6.45, 7) is 5.35. The molecule has 1 heterocycles. The van der Waals surface area contributed by atoms with E-state index in [1.54, 1.807) is 19.9 Å². The van der Waals surface area contributed by atoms with Crippen LogP contribution in [0.3, 0.4) is 0 Å². The van der Waals surface area contributed by atoms with Crippen LogP contribution in [0, 0.1) is 6.92 Å². The van der Waals surface area contributed by atoms with E-state index in [9.17, 15) is 4.79 Å². The van der Waals surface area contributed by atoms with E-state index in [1.165, 1.54) is 6.26 Å². The normalized spacial score (nSPS) is 14.7. The first-order valence-electron chi connectivity index (χ1n) is 5.03. The lowest BCUT2D eigenvalue weighted by Crippen LogP contribution is -2.34. The monoisotopic (exact) mass is 211 g/mol. The molecule has 4 heteroatoms. The molecule has 84 valence electrons. The first kappa shape index (κ1) is 11.8. The Kier molecular flexibility index (Phi) is 3.91. The second-order valence-corrected chi connectivity index (χ2v) is 3.91. The summed E-state index contributed by atoms with van der Waals surface area (Å²) in [5.41, 5.74) is 0.518. The fourth-order valence-corrected chi connectivity index (χ4v) is 1.44. The minimum atomic E-state index is -0.411. The van der Waals surface area contributed by atoms with E-state index in [1.807, 2.05) is 6.92 Å². The summed E-state index contributed by atoms with van der Waals surface area (Å²) in [6, 6.07) is 1.64. The van der Waals surface area contributed by atoms with Crippen molar-refractivity contribution in [2.75, 3.05) is 0 Å². The van der Waals surface area contributed by atoms with Gasteiger partial charge in [0.1, 0.15) is 12.0 Å². The van der Waals surface area contributed by atoms with Gasteiger partial charge in [-0.3, -0.25) is 4.79 Å². The topological polar surface area (TPSA) is 62.5 Å². The van der Waals surface area contributed by atoms with Crippen LogP contribution in [0.4, 0.5) is 0 Å². The smallest absolute Gasteiger partial charge is 0.254 e. The second kappa shape index (κ2) is 4.98. The number of furan rings is 1. The predicted molar refractivity (Wildman–Crippen MR) is 56.7 cm³/mol. The van der Waals surface area contributed by atoms with Gasteiger partial charge < -0.3 is 14.8 Å². The Bertz CT molecular complexity index is 330. The SMILES string of the molecule is Cc1cc(C(=O)NC(C)CC(C)O)co1. The number of aliphatic hydroxyl groups is 1. The summed E-state index contributed by atoms with van der Waals surface area (Å²) in [7, 11) is 0. The molecular weight excluding hydrogens is 194 g/mol. The number of carbonyl (C=O) groups is 1. The molecule has 15 heavy (non-hydrogen) atoms. The standard InChI is InChI=1S/C11H17NO3/c1-7(4-8(2)13)12-11(14)10-5-9(3)15-6-10/h5-8,13H,4H2,1-3H3,(H,12,14). The zero-order valence-electron chi connectivity index (χ0n) is 9.28. The molecule has 1 rings (SSSR count). The van der Waals surface area contributed by atoms with E-state index in [0.717, 1.165) is 0 Å². The van der Waals surface area contributed by atoms with Gasteiger partial charge in [0.2, 0.25) is 0 Å². The predicted octanol–water partition coefficient (Wildman–Crippen LogP) is 1.48. The number of hydrogen-bond donors (Lipinski definition) is 2. The van der Waals surface area contributed by atoms with Crippen molar-refractivity contribution >= 4 is 5.91 Å². The van der Waals surface area contributed by atoms with Crippen LogP contribution in [0.2, 0.25) is 0 Å². The van der Waals surface area contributed by atoms with Crippen molar-refractivity contribution in [1.82, 2.24) is 5.32 Å². The third-order valence-electron chi connectivity index (χ3n) is 2.06. The van der Waals surface area contributed by atoms with E-state index in [4.69, 9.17) is 9.52 Å². The minimum absolute atomic E-state index is 0.0484. The molecule has 1 aromatic heterocycles. The number of carbonyl (C=O) groups excluding carboxylic acids is 1. The van der Waals surface area contributed by atoms with Crippen LogP contribution in [0.25, 0.3) is 0 Å². The van der Waals surface area contributed by atoms with Gasteiger partial charge in [-0.25, -0.2) is 0 Å². The summed E-state index contributed by atoms with van der Waals surface area (Å²) >= 11 is 0. The molecule has 0 spiro atoms. The molecule has 1 aromatic rings. The Morgan fingerprint density at radius 2 is 2.27 bits per heavy atom. The molecule has 0 saturated heterocycles. The molecule has 2 N–H and O–H groups in total. The quantitative estimate of drug-likeness (QED) is 0.792. The van der Waals surface area contributed by atoms with Crippen molar-refractivity contribution in [3.63, 3.8) is 0 Å². The molecule has 0 aliphatic heterocycles. The van der Waals surface area contributed by atoms with E-state index < -0.39 is 6.10 Å². The Morgan fingerprint density at radius 3 is 2.73 bits per heavy atom. The van der Waals surface area contributed by atoms with E-state index in [2.05, 4.69) is 5.32 Å². The number of rotatable bonds is 4. The summed E-state index contributed by atoms with van der Waals surface area (Å²) in [6.07, 6.45) is 1.56. The summed E-state index contributed by atoms with van der Waals surface area (Å²) in [5, 5.41) is 11.9. The van der Waals surface area contributed by atoms with E-state index >= 15 is 0 Å². The van der Waals surface area contributed by atoms with Crippen LogP contribution in [-0.2, 0) is 0 Å². The molecule has 0 saturated carbocycles. The lowest BCUT2D eigenvalue weighted by atomic mass is 10.1. The number of aliphatic hydroxyl groups excluding tert-OH is 1. The van der Waals surface area contributed by atoms with Crippen LogP contribution in [-0.4, -0.2) is 23.2 Å². The highest BCUT2D eigenvalue weighted by molar-refractivity contribution is 5.94. The van der Waals surface area contributed by atoms with Gasteiger partial charge in [-0.15, -0.1) is 0 Å². The van der Waals surface area contributed by atoms with Crippen molar-refractivity contribution in [3.8, 4) is 0 Å². The average Bonchev–Trinajstić information content (AvgIpc) is 2.49. The van der Waals surface area contributed by atoms with Crippen LogP contribution < -0.4 is 5.32 Å². The maximum absolute atomic E-state index is 11.6. The fraction of sp³-hybridized carbons (Fsp3) is 0.545. The van der Waals surface area contributed by atoms with Crippen molar-refractivity contribution in [2.45, 2.75) is 39.3 Å². The summed E-state index contributed by atoms with van der Waals surface area (Å²) in [5.74, 6) is 0.545. The highest BCUT2D eigenvalue weighted by Gasteiger charge is 2.12. The number of nitrogens with one attached hydrogen (secondary N) is 1. The van der Waals surface area contributed by atoms with Crippen LogP contribution >= 0.6 is 0 Å². The lowest BCUT2D eigenvalue weighted by molar-refractivity contribution is 0.0922. The Hall–Kier alpha value is -1.29. The highest BCUT2D eigenvalue weighted by Crippen LogP contribution is 2.07. The molecule has 1 amide bonds. The van der Waals surface area contributed by atoms with Gasteiger partial charge in [0.15, 0.2) is 0 Å². The summed E-state index contributed by atoms with van der Waals surface area (Å²) in [4.78, 5) is 11.6. The van der Waals surface area contributed by atoms with Gasteiger partial charge >= 0.3 is 0 Å². The van der Waals surface area contributed by atoms with Gasteiger partial charge in [-0.05, 0) is 33.3 Å². The molecule has 2 unspecified atom stereocenters. The Morgan fingerprint density at radius 1 is 1.60 bits per heavy atom. The molecule has 4 nitrogen and oxygen atoms in total. The minimum Gasteiger partial charge on any atom is -0.469 e. The first-order chi connectivity index (χ1) is 6.99. The number of hydrogen-bond acceptors (Lipinski definition) is 3. The number of amides is 1. The average molecular weight is 211 g/mol. The Balaban J connectivity index is 2.49. The Labute approximate surface area is 89.3 Å². The lowest BCUT2D eigenvalue weighted by Gasteiger charge is -2.14. The maximum Gasteiger partial charge on any atom is 0.254 e. The van der Waals surface area contributed by atoms with Crippen molar-refractivity contribution in [2.24, 2.45) is 0 Å². The fourth-order valence-electron chi connectivity index (χ4n) is 1.44. The molecular formula is C11H17NO3. The van der Waals surface area contributed by atoms with Gasteiger partial charge in [0.25, 0.3) is 5.91 Å². The van der Waals surface area contributed by atoms with Gasteiger partial charge in [-0.2, -0.15) is 0 Å².